The van der Waals surface area contributed by atoms with Crippen LogP contribution < -0.4 is 5.32 Å². The normalized spacial score (nSPS) is 11.4. The molecule has 0 fully saturated rings. The molecular formula is C10H14F3N3O2S2. The predicted octanol–water partition coefficient (Wildman–Crippen LogP) is 2.95. The lowest BCUT2D eigenvalue weighted by atomic mass is 10.4. The molecule has 20 heavy (non-hydrogen) atoms. The lowest BCUT2D eigenvalue weighted by Crippen LogP contribution is -2.21. The lowest BCUT2D eigenvalue weighted by molar-refractivity contribution is -0.140. The number of aromatic nitrogens is 2. The molecule has 0 radical (unpaired) electrons. The van der Waals surface area contributed by atoms with Gasteiger partial charge in [-0.1, -0.05) is 36.4 Å². The monoisotopic (exact) mass is 329 g/mol. The molecule has 0 spiro atoms. The van der Waals surface area contributed by atoms with E-state index in [2.05, 4.69) is 15.5 Å². The molecule has 1 N–H and O–H groups in total. The molecule has 10 heteroatoms. The molecule has 0 aliphatic heterocycles. The van der Waals surface area contributed by atoms with Gasteiger partial charge in [-0.3, -0.25) is 4.79 Å². The van der Waals surface area contributed by atoms with Crippen molar-refractivity contribution in [3.63, 3.8) is 0 Å². The zero-order valence-electron chi connectivity index (χ0n) is 10.7. The zero-order chi connectivity index (χ0) is 15.0. The van der Waals surface area contributed by atoms with E-state index in [1.807, 2.05) is 6.92 Å². The van der Waals surface area contributed by atoms with Crippen molar-refractivity contribution in [1.29, 1.82) is 0 Å². The molecule has 0 aromatic carbocycles. The highest BCUT2D eigenvalue weighted by Crippen LogP contribution is 2.26. The van der Waals surface area contributed by atoms with Crippen LogP contribution in [0.4, 0.5) is 18.3 Å². The van der Waals surface area contributed by atoms with Crippen molar-refractivity contribution < 1.29 is 22.7 Å². The topological polar surface area (TPSA) is 64.1 Å². The van der Waals surface area contributed by atoms with Crippen LogP contribution in [0, 0.1) is 0 Å². The van der Waals surface area contributed by atoms with Gasteiger partial charge >= 0.3 is 12.1 Å². The number of esters is 1. The Morgan fingerprint density at radius 1 is 1.45 bits per heavy atom. The van der Waals surface area contributed by atoms with Crippen molar-refractivity contribution >= 4 is 34.2 Å². The van der Waals surface area contributed by atoms with Gasteiger partial charge in [0.2, 0.25) is 5.13 Å². The van der Waals surface area contributed by atoms with Crippen LogP contribution >= 0.6 is 23.1 Å². The Kier molecular flexibility index (Phi) is 7.06. The summed E-state index contributed by atoms with van der Waals surface area (Å²) < 4.78 is 41.3. The van der Waals surface area contributed by atoms with Crippen molar-refractivity contribution in [2.75, 3.05) is 24.2 Å². The van der Waals surface area contributed by atoms with Crippen LogP contribution in [-0.2, 0) is 9.53 Å². The third-order valence-corrected chi connectivity index (χ3v) is 3.91. The van der Waals surface area contributed by atoms with Gasteiger partial charge in [0.05, 0.1) is 12.4 Å². The van der Waals surface area contributed by atoms with Gasteiger partial charge in [0, 0.05) is 0 Å². The Morgan fingerprint density at radius 3 is 2.85 bits per heavy atom. The molecule has 1 aromatic heterocycles. The molecule has 0 amide bonds. The number of hydrogen-bond acceptors (Lipinski definition) is 7. The van der Waals surface area contributed by atoms with Crippen molar-refractivity contribution in [3.05, 3.63) is 0 Å². The Labute approximate surface area is 122 Å². The summed E-state index contributed by atoms with van der Waals surface area (Å²) >= 11 is 2.06. The van der Waals surface area contributed by atoms with Crippen molar-refractivity contribution in [1.82, 2.24) is 10.2 Å². The first-order chi connectivity index (χ1) is 9.40. The number of unbranched alkanes of at least 4 members (excludes halogenated alkanes) is 1. The molecule has 0 aliphatic carbocycles. The number of rotatable bonds is 8. The number of ether oxygens (including phenoxy) is 1. The first-order valence-electron chi connectivity index (χ1n) is 5.83. The quantitative estimate of drug-likeness (QED) is 0.449. The van der Waals surface area contributed by atoms with Crippen LogP contribution in [0.5, 0.6) is 0 Å². The van der Waals surface area contributed by atoms with E-state index in [9.17, 15) is 18.0 Å². The van der Waals surface area contributed by atoms with Crippen molar-refractivity contribution in [2.45, 2.75) is 30.3 Å². The molecule has 0 unspecified atom stereocenters. The van der Waals surface area contributed by atoms with E-state index in [0.29, 0.717) is 10.9 Å². The van der Waals surface area contributed by atoms with Gasteiger partial charge in [-0.15, -0.1) is 10.2 Å². The maximum atomic E-state index is 12.0. The second-order valence-electron chi connectivity index (χ2n) is 3.70. The van der Waals surface area contributed by atoms with Crippen molar-refractivity contribution in [2.24, 2.45) is 0 Å². The van der Waals surface area contributed by atoms with Gasteiger partial charge in [0.25, 0.3) is 0 Å². The molecule has 1 aromatic rings. The average molecular weight is 329 g/mol. The number of alkyl halides is 3. The number of hydrogen-bond donors (Lipinski definition) is 1. The molecular weight excluding hydrogens is 315 g/mol. The molecule has 5 nitrogen and oxygen atoms in total. The summed E-state index contributed by atoms with van der Waals surface area (Å²) in [6.45, 7) is 1.20. The summed E-state index contributed by atoms with van der Waals surface area (Å²) in [6, 6.07) is 0. The van der Waals surface area contributed by atoms with Crippen molar-refractivity contribution in [3.8, 4) is 0 Å². The Balaban J connectivity index is 2.28. The fourth-order valence-electron chi connectivity index (χ4n) is 1.01. The second kappa shape index (κ2) is 8.30. The van der Waals surface area contributed by atoms with Crippen LogP contribution in [0.3, 0.4) is 0 Å². The van der Waals surface area contributed by atoms with Crippen LogP contribution in [-0.4, -0.2) is 41.2 Å². The highest BCUT2D eigenvalue weighted by molar-refractivity contribution is 8.01. The van der Waals surface area contributed by atoms with E-state index in [1.165, 1.54) is 0 Å². The molecule has 1 rings (SSSR count). The third-order valence-electron chi connectivity index (χ3n) is 1.92. The summed E-state index contributed by atoms with van der Waals surface area (Å²) in [5, 5.41) is 9.43. The van der Waals surface area contributed by atoms with Gasteiger partial charge in [0.1, 0.15) is 6.54 Å². The number of nitrogens with zero attached hydrogens (tertiary/aromatic N) is 2. The number of thioether (sulfide) groups is 1. The van der Waals surface area contributed by atoms with E-state index in [0.717, 1.165) is 35.9 Å². The Bertz CT molecular complexity index is 426. The Morgan fingerprint density at radius 2 is 2.20 bits per heavy atom. The number of nitrogens with one attached hydrogen (secondary N) is 1. The fraction of sp³-hybridized carbons (Fsp3) is 0.700. The maximum Gasteiger partial charge on any atom is 0.405 e. The summed E-state index contributed by atoms with van der Waals surface area (Å²) in [4.78, 5) is 11.3. The van der Waals surface area contributed by atoms with E-state index >= 15 is 0 Å². The minimum atomic E-state index is -4.30. The zero-order valence-corrected chi connectivity index (χ0v) is 12.3. The summed E-state index contributed by atoms with van der Waals surface area (Å²) in [7, 11) is 0. The first-order valence-corrected chi connectivity index (χ1v) is 7.63. The van der Waals surface area contributed by atoms with Gasteiger partial charge in [-0.05, 0) is 6.42 Å². The first kappa shape index (κ1) is 17.0. The third kappa shape index (κ3) is 7.53. The van der Waals surface area contributed by atoms with E-state index in [4.69, 9.17) is 4.74 Å². The molecule has 0 bridgehead atoms. The predicted molar refractivity (Wildman–Crippen MR) is 71.0 cm³/mol. The number of carbonyl (C=O) groups is 1. The number of halogens is 3. The molecule has 0 atom stereocenters. The minimum Gasteiger partial charge on any atom is -0.465 e. The number of anilines is 1. The van der Waals surface area contributed by atoms with Crippen LogP contribution in [0.25, 0.3) is 0 Å². The second-order valence-corrected chi connectivity index (χ2v) is 5.90. The minimum absolute atomic E-state index is 0.0671. The smallest absolute Gasteiger partial charge is 0.405 e. The fourth-order valence-corrected chi connectivity index (χ4v) is 2.55. The molecule has 1 heterocycles. The number of carbonyl (C=O) groups excluding carboxylic acids is 1. The van der Waals surface area contributed by atoms with Crippen LogP contribution in [0.1, 0.15) is 19.8 Å². The van der Waals surface area contributed by atoms with Gasteiger partial charge < -0.3 is 10.1 Å². The SMILES string of the molecule is CCCCOC(=O)CSc1nnc(NCC(F)(F)F)s1. The Hall–Kier alpha value is -1.03. The molecule has 0 saturated heterocycles. The lowest BCUT2D eigenvalue weighted by Gasteiger charge is -2.05. The largest absolute Gasteiger partial charge is 0.465 e. The van der Waals surface area contributed by atoms with Gasteiger partial charge in [-0.2, -0.15) is 13.2 Å². The highest BCUT2D eigenvalue weighted by Gasteiger charge is 2.27. The van der Waals surface area contributed by atoms with Gasteiger partial charge in [-0.25, -0.2) is 0 Å². The van der Waals surface area contributed by atoms with Crippen LogP contribution in [0.15, 0.2) is 4.34 Å². The summed E-state index contributed by atoms with van der Waals surface area (Å²) in [5.74, 6) is -0.305. The average Bonchev–Trinajstić information content (AvgIpc) is 2.81. The maximum absolute atomic E-state index is 12.0. The van der Waals surface area contributed by atoms with E-state index in [-0.39, 0.29) is 16.9 Å². The van der Waals surface area contributed by atoms with Crippen LogP contribution in [0.2, 0.25) is 0 Å². The standard InChI is InChI=1S/C10H14F3N3O2S2/c1-2-3-4-18-7(17)5-19-9-16-15-8(20-9)14-6-10(11,12)13/h2-6H2,1H3,(H,14,15). The molecule has 114 valence electrons. The molecule has 0 saturated carbocycles. The highest BCUT2D eigenvalue weighted by atomic mass is 32.2. The van der Waals surface area contributed by atoms with E-state index in [1.54, 1.807) is 0 Å². The summed E-state index contributed by atoms with van der Waals surface area (Å²) in [6.07, 6.45) is -2.56. The molecule has 0 aliphatic rings. The van der Waals surface area contributed by atoms with E-state index < -0.39 is 12.7 Å². The summed E-state index contributed by atoms with van der Waals surface area (Å²) in [5.41, 5.74) is 0. The van der Waals surface area contributed by atoms with Gasteiger partial charge in [0.15, 0.2) is 4.34 Å².